The van der Waals surface area contributed by atoms with Crippen molar-refractivity contribution >= 4 is 18.2 Å². The van der Waals surface area contributed by atoms with Crippen LogP contribution in [-0.2, 0) is 14.4 Å². The van der Waals surface area contributed by atoms with Gasteiger partial charge in [-0.05, 0) is 31.4 Å². The highest BCUT2D eigenvalue weighted by Gasteiger charge is 2.35. The van der Waals surface area contributed by atoms with Crippen LogP contribution in [0.25, 0.3) is 0 Å². The van der Waals surface area contributed by atoms with Crippen molar-refractivity contribution in [3.8, 4) is 0 Å². The van der Waals surface area contributed by atoms with E-state index in [2.05, 4.69) is 5.32 Å². The molecule has 0 spiro atoms. The van der Waals surface area contributed by atoms with Crippen LogP contribution in [0.2, 0.25) is 0 Å². The second-order valence-electron chi connectivity index (χ2n) is 6.95. The topological polar surface area (TPSA) is 113 Å². The van der Waals surface area contributed by atoms with Gasteiger partial charge in [0, 0.05) is 13.0 Å². The Bertz CT molecular complexity index is 654. The van der Waals surface area contributed by atoms with E-state index in [-0.39, 0.29) is 19.4 Å². The fraction of sp³-hybridized carbons (Fsp3) is 0.611. The van der Waals surface area contributed by atoms with Crippen LogP contribution >= 0.6 is 0 Å². The van der Waals surface area contributed by atoms with Crippen LogP contribution in [-0.4, -0.2) is 68.8 Å². The number of halogens is 1. The predicted molar refractivity (Wildman–Crippen MR) is 96.3 cm³/mol. The molecule has 0 saturated carbocycles. The molecule has 2 heterocycles. The highest BCUT2D eigenvalue weighted by molar-refractivity contribution is 5.98. The van der Waals surface area contributed by atoms with Gasteiger partial charge in [-0.15, -0.1) is 0 Å². The zero-order valence-electron chi connectivity index (χ0n) is 15.9. The first-order chi connectivity index (χ1) is 13.4. The number of unbranched alkanes of at least 4 members (excludes halogenated alkanes) is 1. The van der Waals surface area contributed by atoms with E-state index >= 15 is 0 Å². The van der Waals surface area contributed by atoms with Gasteiger partial charge in [0.25, 0.3) is 0 Å². The SMILES string of the molecule is CCCC[C@H](CC(=O)NC(=O)[C@H]1CCCN1C1=CC=C(F)CN1O)N(O)C=O. The van der Waals surface area contributed by atoms with Crippen molar-refractivity contribution in [1.82, 2.24) is 20.3 Å². The van der Waals surface area contributed by atoms with Crippen LogP contribution in [0, 0.1) is 0 Å². The summed E-state index contributed by atoms with van der Waals surface area (Å²) in [6.07, 6.45) is 5.82. The number of likely N-dealkylation sites (tertiary alicyclic amines) is 1. The molecule has 156 valence electrons. The van der Waals surface area contributed by atoms with Gasteiger partial charge in [0.15, 0.2) is 0 Å². The lowest BCUT2D eigenvalue weighted by molar-refractivity contribution is -0.163. The van der Waals surface area contributed by atoms with E-state index in [4.69, 9.17) is 0 Å². The molecule has 0 unspecified atom stereocenters. The molecule has 2 aliphatic rings. The molecule has 0 aliphatic carbocycles. The number of nitrogens with zero attached hydrogens (tertiary/aromatic N) is 3. The van der Waals surface area contributed by atoms with Gasteiger partial charge < -0.3 is 4.90 Å². The van der Waals surface area contributed by atoms with Crippen LogP contribution in [0.3, 0.4) is 0 Å². The van der Waals surface area contributed by atoms with Gasteiger partial charge in [-0.1, -0.05) is 19.8 Å². The molecule has 0 aromatic heterocycles. The first-order valence-corrected chi connectivity index (χ1v) is 9.43. The maximum Gasteiger partial charge on any atom is 0.249 e. The third kappa shape index (κ3) is 5.52. The minimum Gasteiger partial charge on any atom is -0.345 e. The van der Waals surface area contributed by atoms with Crippen molar-refractivity contribution in [2.75, 3.05) is 13.1 Å². The van der Waals surface area contributed by atoms with Crippen molar-refractivity contribution in [3.63, 3.8) is 0 Å². The minimum absolute atomic E-state index is 0.198. The molecule has 0 radical (unpaired) electrons. The lowest BCUT2D eigenvalue weighted by atomic mass is 10.1. The lowest BCUT2D eigenvalue weighted by Crippen LogP contribution is -2.48. The van der Waals surface area contributed by atoms with Gasteiger partial charge in [0.2, 0.25) is 18.2 Å². The second kappa shape index (κ2) is 10.2. The predicted octanol–water partition coefficient (Wildman–Crippen LogP) is 1.29. The Labute approximate surface area is 163 Å². The smallest absolute Gasteiger partial charge is 0.249 e. The molecule has 1 fully saturated rings. The standard InChI is InChI=1S/C18H27FN4O5/c1-2-3-5-14(23(28)12-24)10-16(25)20-18(26)15-6-4-9-21(15)17-8-7-13(19)11-22(17)27/h7-8,12,14-15,27-28H,2-6,9-11H2,1H3,(H,20,25,26)/t14-,15-/m1/s1. The third-order valence-electron chi connectivity index (χ3n) is 4.88. The van der Waals surface area contributed by atoms with E-state index in [1.54, 1.807) is 4.90 Å². The lowest BCUT2D eigenvalue weighted by Gasteiger charge is -2.33. The summed E-state index contributed by atoms with van der Waals surface area (Å²) < 4.78 is 13.2. The fourth-order valence-electron chi connectivity index (χ4n) is 3.42. The molecule has 0 bridgehead atoms. The number of carbonyl (C=O) groups excluding carboxylic acids is 3. The van der Waals surface area contributed by atoms with Crippen molar-refractivity contribution in [3.05, 3.63) is 23.8 Å². The van der Waals surface area contributed by atoms with E-state index in [0.717, 1.165) is 17.9 Å². The maximum atomic E-state index is 13.2. The number of hydrogen-bond acceptors (Lipinski definition) is 7. The molecule has 28 heavy (non-hydrogen) atoms. The summed E-state index contributed by atoms with van der Waals surface area (Å²) in [5, 5.41) is 23.1. The fourth-order valence-corrected chi connectivity index (χ4v) is 3.42. The van der Waals surface area contributed by atoms with E-state index in [1.165, 1.54) is 12.2 Å². The molecular weight excluding hydrogens is 371 g/mol. The normalized spacial score (nSPS) is 20.4. The zero-order chi connectivity index (χ0) is 20.7. The molecule has 3 N–H and O–H groups in total. The Hall–Kier alpha value is -2.46. The van der Waals surface area contributed by atoms with Crippen molar-refractivity contribution in [2.24, 2.45) is 0 Å². The molecule has 2 atom stereocenters. The summed E-state index contributed by atoms with van der Waals surface area (Å²) in [6.45, 7) is 2.13. The van der Waals surface area contributed by atoms with Crippen LogP contribution in [0.15, 0.2) is 23.8 Å². The van der Waals surface area contributed by atoms with E-state index in [1.807, 2.05) is 6.92 Å². The molecular formula is C18H27FN4O5. The molecule has 0 aromatic carbocycles. The largest absolute Gasteiger partial charge is 0.345 e. The number of hydrogen-bond donors (Lipinski definition) is 3. The first-order valence-electron chi connectivity index (χ1n) is 9.43. The molecule has 0 aromatic rings. The van der Waals surface area contributed by atoms with Crippen LogP contribution < -0.4 is 5.32 Å². The third-order valence-corrected chi connectivity index (χ3v) is 4.88. The first kappa shape index (κ1) is 21.8. The summed E-state index contributed by atoms with van der Waals surface area (Å²) >= 11 is 0. The molecule has 2 aliphatic heterocycles. The molecule has 1 saturated heterocycles. The minimum atomic E-state index is -0.702. The summed E-state index contributed by atoms with van der Waals surface area (Å²) in [7, 11) is 0. The highest BCUT2D eigenvalue weighted by Crippen LogP contribution is 2.26. The van der Waals surface area contributed by atoms with Crippen LogP contribution in [0.4, 0.5) is 4.39 Å². The van der Waals surface area contributed by atoms with Crippen molar-refractivity contribution in [2.45, 2.75) is 57.5 Å². The zero-order valence-corrected chi connectivity index (χ0v) is 15.9. The van der Waals surface area contributed by atoms with E-state index in [9.17, 15) is 29.2 Å². The van der Waals surface area contributed by atoms with Gasteiger partial charge in [-0.25, -0.2) is 14.5 Å². The Balaban J connectivity index is 1.98. The summed E-state index contributed by atoms with van der Waals surface area (Å²) in [5.74, 6) is -1.32. The summed E-state index contributed by atoms with van der Waals surface area (Å²) in [5.41, 5.74) is 0. The van der Waals surface area contributed by atoms with E-state index < -0.39 is 29.7 Å². The monoisotopic (exact) mass is 398 g/mol. The van der Waals surface area contributed by atoms with E-state index in [0.29, 0.717) is 36.7 Å². The van der Waals surface area contributed by atoms with Gasteiger partial charge >= 0.3 is 0 Å². The highest BCUT2D eigenvalue weighted by atomic mass is 19.1. The summed E-state index contributed by atoms with van der Waals surface area (Å²) in [4.78, 5) is 37.3. The number of imide groups is 1. The van der Waals surface area contributed by atoms with Gasteiger partial charge in [-0.3, -0.25) is 30.1 Å². The average molecular weight is 398 g/mol. The molecule has 3 amide bonds. The Morgan fingerprint density at radius 3 is 2.86 bits per heavy atom. The van der Waals surface area contributed by atoms with Crippen LogP contribution in [0.5, 0.6) is 0 Å². The van der Waals surface area contributed by atoms with Gasteiger partial charge in [0.1, 0.15) is 17.7 Å². The van der Waals surface area contributed by atoms with Gasteiger partial charge in [-0.2, -0.15) is 0 Å². The summed E-state index contributed by atoms with van der Waals surface area (Å²) in [6, 6.07) is -1.38. The van der Waals surface area contributed by atoms with Crippen LogP contribution in [0.1, 0.15) is 45.4 Å². The number of nitrogens with one attached hydrogen (secondary N) is 1. The number of allylic oxidation sites excluding steroid dienone is 2. The number of rotatable bonds is 9. The Kier molecular flexibility index (Phi) is 7.94. The van der Waals surface area contributed by atoms with Gasteiger partial charge in [0.05, 0.1) is 12.6 Å². The number of hydroxylamine groups is 4. The Morgan fingerprint density at radius 1 is 1.46 bits per heavy atom. The quantitative estimate of drug-likeness (QED) is 0.305. The van der Waals surface area contributed by atoms with Crippen molar-refractivity contribution in [1.29, 1.82) is 0 Å². The average Bonchev–Trinajstić information content (AvgIpc) is 3.14. The number of amides is 3. The molecule has 2 rings (SSSR count). The number of carbonyl (C=O) groups is 3. The Morgan fingerprint density at radius 2 is 2.21 bits per heavy atom. The molecule has 10 heteroatoms. The maximum absolute atomic E-state index is 13.2. The van der Waals surface area contributed by atoms with Crippen molar-refractivity contribution < 1.29 is 29.2 Å². The second-order valence-corrected chi connectivity index (χ2v) is 6.95. The molecule has 9 nitrogen and oxygen atoms in total.